The van der Waals surface area contributed by atoms with Gasteiger partial charge in [-0.3, -0.25) is 0 Å². The summed E-state index contributed by atoms with van der Waals surface area (Å²) in [6.07, 6.45) is -9.45. The summed E-state index contributed by atoms with van der Waals surface area (Å²) in [4.78, 5) is 0. The standard InChI is InChI=1S/C24H20B.C18H25F6O2P/c1-5-13-21(14-6-1)25(22-15-7-2-8-16-22,23-17-9-3-10-18-23)24-19-11-4-12-20-24;1-15(2,3)27(16(4,5)6)14-8-12(25-17(21,22)10-19)7-13(9-14)26-18(23,24)11-20/h1-20H;7-9H,10-11H2,1-6H3/q-1;/p+1. The van der Waals surface area contributed by atoms with E-state index in [0.717, 1.165) is 6.07 Å². The smallest absolute Gasteiger partial charge is 0.427 e. The summed E-state index contributed by atoms with van der Waals surface area (Å²) in [5.41, 5.74) is 5.36. The zero-order chi connectivity index (χ0) is 38.2. The minimum Gasteiger partial charge on any atom is -0.430 e. The van der Waals surface area contributed by atoms with Crippen molar-refractivity contribution in [3.05, 3.63) is 140 Å². The number of hydrogen-bond donors (Lipinski definition) is 0. The Morgan fingerprint density at radius 3 is 0.962 bits per heavy atom. The van der Waals surface area contributed by atoms with E-state index in [-0.39, 0.29) is 10.3 Å². The Morgan fingerprint density at radius 1 is 0.462 bits per heavy atom. The minimum absolute atomic E-state index is 0.288. The van der Waals surface area contributed by atoms with Crippen LogP contribution in [0.3, 0.4) is 0 Å². The van der Waals surface area contributed by atoms with Crippen LogP contribution in [0.5, 0.6) is 11.5 Å². The summed E-state index contributed by atoms with van der Waals surface area (Å²) in [5, 5.41) is -0.0922. The molecule has 5 aromatic rings. The minimum atomic E-state index is -4.12. The van der Waals surface area contributed by atoms with Crippen molar-refractivity contribution in [1.29, 1.82) is 0 Å². The lowest BCUT2D eigenvalue weighted by Crippen LogP contribution is -2.74. The van der Waals surface area contributed by atoms with Crippen molar-refractivity contribution in [3.63, 3.8) is 0 Å². The van der Waals surface area contributed by atoms with Gasteiger partial charge in [-0.1, -0.05) is 121 Å². The first-order chi connectivity index (χ1) is 24.4. The summed E-state index contributed by atoms with van der Waals surface area (Å²) in [6.45, 7) is 7.55. The van der Waals surface area contributed by atoms with Crippen LogP contribution in [0.1, 0.15) is 41.5 Å². The number of hydrogen-bond acceptors (Lipinski definition) is 2. The summed E-state index contributed by atoms with van der Waals surface area (Å²) >= 11 is 0. The molecule has 52 heavy (non-hydrogen) atoms. The van der Waals surface area contributed by atoms with E-state index < -0.39 is 51.1 Å². The predicted molar refractivity (Wildman–Crippen MR) is 207 cm³/mol. The second kappa shape index (κ2) is 16.6. The van der Waals surface area contributed by atoms with Crippen LogP contribution in [0.2, 0.25) is 0 Å². The third-order valence-corrected chi connectivity index (χ3v) is 12.6. The molecule has 0 aliphatic heterocycles. The van der Waals surface area contributed by atoms with Gasteiger partial charge in [0.25, 0.3) is 0 Å². The van der Waals surface area contributed by atoms with Crippen LogP contribution in [0.25, 0.3) is 0 Å². The van der Waals surface area contributed by atoms with Crippen molar-refractivity contribution < 1.29 is 35.8 Å². The van der Waals surface area contributed by atoms with Gasteiger partial charge < -0.3 is 9.47 Å². The first-order valence-corrected chi connectivity index (χ1v) is 18.6. The van der Waals surface area contributed by atoms with E-state index in [4.69, 9.17) is 0 Å². The third-order valence-electron chi connectivity index (χ3n) is 8.71. The molecule has 0 fully saturated rings. The van der Waals surface area contributed by atoms with Crippen LogP contribution in [-0.2, 0) is 0 Å². The van der Waals surface area contributed by atoms with Crippen LogP contribution in [0.15, 0.2) is 140 Å². The van der Waals surface area contributed by atoms with E-state index in [1.54, 1.807) is 0 Å². The van der Waals surface area contributed by atoms with Gasteiger partial charge in [0.15, 0.2) is 13.3 Å². The molecule has 0 amide bonds. The molecule has 0 spiro atoms. The molecule has 0 bridgehead atoms. The first kappa shape index (κ1) is 40.5. The van der Waals surface area contributed by atoms with Gasteiger partial charge in [-0.2, -0.15) is 39.4 Å². The number of halogens is 6. The van der Waals surface area contributed by atoms with Crippen molar-refractivity contribution >= 4 is 41.2 Å². The van der Waals surface area contributed by atoms with Gasteiger partial charge in [0.1, 0.15) is 17.6 Å². The highest BCUT2D eigenvalue weighted by Gasteiger charge is 2.45. The molecular formula is C42H46BF6O2P. The summed E-state index contributed by atoms with van der Waals surface area (Å²) in [5.74, 6) is -1.04. The van der Waals surface area contributed by atoms with Gasteiger partial charge in [0.05, 0.1) is 15.6 Å². The van der Waals surface area contributed by atoms with Crippen LogP contribution in [0.4, 0.5) is 26.3 Å². The van der Waals surface area contributed by atoms with Crippen molar-refractivity contribution in [3.8, 4) is 11.5 Å². The van der Waals surface area contributed by atoms with E-state index in [2.05, 4.69) is 131 Å². The van der Waals surface area contributed by atoms with Crippen molar-refractivity contribution in [2.45, 2.75) is 64.1 Å². The Bertz CT molecular complexity index is 1620. The number of alkyl halides is 6. The normalized spacial score (nSPS) is 12.6. The van der Waals surface area contributed by atoms with Gasteiger partial charge in [-0.25, -0.2) is 8.78 Å². The predicted octanol–water partition coefficient (Wildman–Crippen LogP) is 9.07. The van der Waals surface area contributed by atoms with Crippen LogP contribution >= 0.6 is 7.92 Å². The third kappa shape index (κ3) is 10.0. The van der Waals surface area contributed by atoms with E-state index in [0.29, 0.717) is 5.30 Å². The maximum absolute atomic E-state index is 13.3. The van der Waals surface area contributed by atoms with E-state index in [1.807, 2.05) is 41.5 Å². The van der Waals surface area contributed by atoms with Crippen LogP contribution in [0, 0.1) is 0 Å². The van der Waals surface area contributed by atoms with Crippen LogP contribution < -0.4 is 36.6 Å². The summed E-state index contributed by atoms with van der Waals surface area (Å²) < 4.78 is 86.9. The topological polar surface area (TPSA) is 18.5 Å². The maximum Gasteiger partial charge on any atom is 0.427 e. The molecule has 276 valence electrons. The fraction of sp³-hybridized carbons (Fsp3) is 0.286. The SMILES string of the molecule is CC(C)(C)[PH+](c1cc(OC(F)(F)CF)cc(OC(F)(F)CF)c1)C(C)(C)C.c1ccc([B-](c2ccccc2)(c2ccccc2)c2ccccc2)cc1. The lowest BCUT2D eigenvalue weighted by atomic mass is 9.13. The van der Waals surface area contributed by atoms with Crippen molar-refractivity contribution in [2.24, 2.45) is 0 Å². The zero-order valence-corrected chi connectivity index (χ0v) is 31.4. The first-order valence-electron chi connectivity index (χ1n) is 17.1. The van der Waals surface area contributed by atoms with E-state index >= 15 is 0 Å². The molecule has 0 saturated carbocycles. The second-order valence-corrected chi connectivity index (χ2v) is 19.2. The monoisotopic (exact) mass is 738 g/mol. The van der Waals surface area contributed by atoms with Gasteiger partial charge in [0.2, 0.25) is 0 Å². The Morgan fingerprint density at radius 2 is 0.731 bits per heavy atom. The largest absolute Gasteiger partial charge is 0.430 e. The molecule has 5 rings (SSSR count). The molecule has 10 heteroatoms. The highest BCUT2D eigenvalue weighted by Crippen LogP contribution is 2.58. The fourth-order valence-electron chi connectivity index (χ4n) is 7.35. The summed E-state index contributed by atoms with van der Waals surface area (Å²) in [6, 6.07) is 46.9. The van der Waals surface area contributed by atoms with Crippen molar-refractivity contribution in [1.82, 2.24) is 0 Å². The lowest BCUT2D eigenvalue weighted by Gasteiger charge is -2.44. The Kier molecular flexibility index (Phi) is 13.0. The molecule has 0 aromatic heterocycles. The zero-order valence-electron chi connectivity index (χ0n) is 30.4. The number of ether oxygens (including phenoxy) is 2. The van der Waals surface area contributed by atoms with E-state index in [1.165, 1.54) is 34.0 Å². The van der Waals surface area contributed by atoms with Gasteiger partial charge in [0, 0.05) is 26.1 Å². The second-order valence-electron chi connectivity index (χ2n) is 14.8. The molecule has 0 aliphatic rings. The molecule has 2 nitrogen and oxygen atoms in total. The Hall–Kier alpha value is -4.23. The maximum atomic E-state index is 13.3. The average molecular weight is 739 g/mol. The highest BCUT2D eigenvalue weighted by molar-refractivity contribution is 7.68. The van der Waals surface area contributed by atoms with Gasteiger partial charge >= 0.3 is 12.2 Å². The molecule has 0 atom stereocenters. The number of benzene rings is 5. The molecule has 0 saturated heterocycles. The average Bonchev–Trinajstić information content (AvgIpc) is 3.09. The lowest BCUT2D eigenvalue weighted by molar-refractivity contribution is -0.189. The van der Waals surface area contributed by atoms with Crippen LogP contribution in [-0.4, -0.2) is 42.0 Å². The highest BCUT2D eigenvalue weighted by atomic mass is 31.1. The Labute approximate surface area is 304 Å². The Balaban J connectivity index is 0.000000233. The van der Waals surface area contributed by atoms with Gasteiger partial charge in [-0.05, 0) is 41.5 Å². The molecule has 0 unspecified atom stereocenters. The molecule has 0 heterocycles. The van der Waals surface area contributed by atoms with E-state index in [9.17, 15) is 26.3 Å². The molecule has 0 N–H and O–H groups in total. The van der Waals surface area contributed by atoms with Gasteiger partial charge in [-0.15, -0.1) is 0 Å². The fourth-order valence-corrected chi connectivity index (χ4v) is 11.9. The molecule has 0 aliphatic carbocycles. The molecular weight excluding hydrogens is 692 g/mol. The quantitative estimate of drug-likeness (QED) is 0.0766. The van der Waals surface area contributed by atoms with Crippen molar-refractivity contribution in [2.75, 3.05) is 13.3 Å². The number of rotatable bonds is 11. The molecule has 5 aromatic carbocycles. The molecule has 0 radical (unpaired) electrons. The summed E-state index contributed by atoms with van der Waals surface area (Å²) in [7, 11) is -1.56.